The number of benzene rings is 1. The van der Waals surface area contributed by atoms with Crippen molar-refractivity contribution in [1.29, 1.82) is 5.26 Å². The number of anilines is 2. The van der Waals surface area contributed by atoms with Gasteiger partial charge in [0.1, 0.15) is 6.33 Å². The van der Waals surface area contributed by atoms with Crippen LogP contribution in [-0.4, -0.2) is 14.8 Å². The van der Waals surface area contributed by atoms with E-state index in [2.05, 4.69) is 21.5 Å². The van der Waals surface area contributed by atoms with Crippen LogP contribution in [0.5, 0.6) is 0 Å². The predicted octanol–water partition coefficient (Wildman–Crippen LogP) is 1.08. The molecule has 2 aromatic rings. The number of aryl methyl sites for hydroxylation is 1. The minimum absolute atomic E-state index is 0.309. The first-order chi connectivity index (χ1) is 8.69. The van der Waals surface area contributed by atoms with Gasteiger partial charge in [-0.2, -0.15) is 10.4 Å². The Morgan fingerprint density at radius 2 is 2.33 bits per heavy atom. The van der Waals surface area contributed by atoms with Crippen molar-refractivity contribution < 1.29 is 0 Å². The Morgan fingerprint density at radius 3 is 3.00 bits per heavy atom. The van der Waals surface area contributed by atoms with Crippen LogP contribution in [0.4, 0.5) is 11.4 Å². The molecular formula is C12H14N6. The molecule has 0 aliphatic rings. The van der Waals surface area contributed by atoms with Gasteiger partial charge in [-0.3, -0.25) is 4.68 Å². The van der Waals surface area contributed by atoms with Crippen LogP contribution in [0, 0.1) is 11.3 Å². The number of hydrogen-bond acceptors (Lipinski definition) is 5. The van der Waals surface area contributed by atoms with Gasteiger partial charge in [0.05, 0.1) is 19.0 Å². The molecule has 0 spiro atoms. The lowest BCUT2D eigenvalue weighted by atomic mass is 10.1. The summed E-state index contributed by atoms with van der Waals surface area (Å²) in [6, 6.07) is 7.64. The Balaban J connectivity index is 2.05. The monoisotopic (exact) mass is 242 g/mol. The molecule has 1 aromatic carbocycles. The van der Waals surface area contributed by atoms with Crippen molar-refractivity contribution in [1.82, 2.24) is 14.8 Å². The molecule has 2 rings (SSSR count). The lowest BCUT2D eigenvalue weighted by Gasteiger charge is -2.07. The maximum atomic E-state index is 8.70. The van der Waals surface area contributed by atoms with Crippen molar-refractivity contribution in [2.45, 2.75) is 13.0 Å². The second-order valence-electron chi connectivity index (χ2n) is 3.94. The third kappa shape index (κ3) is 2.77. The molecular weight excluding hydrogens is 228 g/mol. The highest BCUT2D eigenvalue weighted by Crippen LogP contribution is 2.18. The number of nitrogens with one attached hydrogen (secondary N) is 1. The molecule has 0 saturated heterocycles. The summed E-state index contributed by atoms with van der Waals surface area (Å²) in [7, 11) is 1.82. The third-order valence-corrected chi connectivity index (χ3v) is 2.51. The zero-order valence-electron chi connectivity index (χ0n) is 10.1. The highest BCUT2D eigenvalue weighted by atomic mass is 15.3. The van der Waals surface area contributed by atoms with E-state index in [9.17, 15) is 0 Å². The van der Waals surface area contributed by atoms with Crippen LogP contribution in [0.2, 0.25) is 0 Å². The van der Waals surface area contributed by atoms with Gasteiger partial charge >= 0.3 is 0 Å². The Morgan fingerprint density at radius 1 is 1.50 bits per heavy atom. The SMILES string of the molecule is Cn1cnc(CNc2ccc(N)c(CC#N)c2)n1. The second-order valence-corrected chi connectivity index (χ2v) is 3.94. The maximum absolute atomic E-state index is 8.70. The molecule has 0 radical (unpaired) electrons. The number of nitriles is 1. The van der Waals surface area contributed by atoms with Gasteiger partial charge < -0.3 is 11.1 Å². The van der Waals surface area contributed by atoms with Crippen LogP contribution in [0.1, 0.15) is 11.4 Å². The fraction of sp³-hybridized carbons (Fsp3) is 0.250. The number of aromatic nitrogens is 3. The van der Waals surface area contributed by atoms with Gasteiger partial charge in [-0.15, -0.1) is 0 Å². The van der Waals surface area contributed by atoms with Gasteiger partial charge in [-0.05, 0) is 23.8 Å². The van der Waals surface area contributed by atoms with E-state index in [4.69, 9.17) is 11.0 Å². The normalized spacial score (nSPS) is 10.0. The Kier molecular flexibility index (Phi) is 3.44. The topological polar surface area (TPSA) is 92.5 Å². The fourth-order valence-electron chi connectivity index (χ4n) is 1.60. The molecule has 6 heteroatoms. The molecule has 0 unspecified atom stereocenters. The molecule has 1 aromatic heterocycles. The second kappa shape index (κ2) is 5.19. The smallest absolute Gasteiger partial charge is 0.169 e. The van der Waals surface area contributed by atoms with Gasteiger partial charge in [0.25, 0.3) is 0 Å². The highest BCUT2D eigenvalue weighted by Gasteiger charge is 2.02. The van der Waals surface area contributed by atoms with Crippen LogP contribution in [0.3, 0.4) is 0 Å². The van der Waals surface area contributed by atoms with E-state index >= 15 is 0 Å². The molecule has 0 amide bonds. The van der Waals surface area contributed by atoms with Gasteiger partial charge in [0.2, 0.25) is 0 Å². The molecule has 6 nitrogen and oxygen atoms in total. The van der Waals surface area contributed by atoms with Crippen LogP contribution in [0.25, 0.3) is 0 Å². The molecule has 0 fully saturated rings. The van der Waals surface area contributed by atoms with Gasteiger partial charge in [0, 0.05) is 18.4 Å². The van der Waals surface area contributed by atoms with Crippen LogP contribution < -0.4 is 11.1 Å². The van der Waals surface area contributed by atoms with Gasteiger partial charge in [-0.1, -0.05) is 0 Å². The minimum Gasteiger partial charge on any atom is -0.398 e. The number of nitrogens with two attached hydrogens (primary N) is 1. The number of rotatable bonds is 4. The number of nitrogen functional groups attached to an aromatic ring is 1. The van der Waals surface area contributed by atoms with E-state index in [0.29, 0.717) is 18.7 Å². The Bertz CT molecular complexity index is 580. The van der Waals surface area contributed by atoms with E-state index in [0.717, 1.165) is 17.1 Å². The van der Waals surface area contributed by atoms with Crippen molar-refractivity contribution in [3.63, 3.8) is 0 Å². The van der Waals surface area contributed by atoms with Crippen LogP contribution >= 0.6 is 0 Å². The van der Waals surface area contributed by atoms with Crippen molar-refractivity contribution in [2.75, 3.05) is 11.1 Å². The molecule has 18 heavy (non-hydrogen) atoms. The average Bonchev–Trinajstić information content (AvgIpc) is 2.76. The first-order valence-corrected chi connectivity index (χ1v) is 5.53. The summed E-state index contributed by atoms with van der Waals surface area (Å²) in [5, 5.41) is 16.1. The molecule has 0 aliphatic carbocycles. The molecule has 0 atom stereocenters. The lowest BCUT2D eigenvalue weighted by molar-refractivity contribution is 0.747. The first kappa shape index (κ1) is 11.9. The first-order valence-electron chi connectivity index (χ1n) is 5.53. The van der Waals surface area contributed by atoms with Crippen LogP contribution in [0.15, 0.2) is 24.5 Å². The standard InChI is InChI=1S/C12H14N6/c1-18-8-16-12(17-18)7-15-10-2-3-11(14)9(6-10)4-5-13/h2-3,6,8,15H,4,7,14H2,1H3. The van der Waals surface area contributed by atoms with Crippen molar-refractivity contribution in [3.05, 3.63) is 35.9 Å². The zero-order valence-corrected chi connectivity index (χ0v) is 10.1. The summed E-state index contributed by atoms with van der Waals surface area (Å²) in [6.07, 6.45) is 1.96. The molecule has 92 valence electrons. The largest absolute Gasteiger partial charge is 0.398 e. The minimum atomic E-state index is 0.309. The van der Waals surface area contributed by atoms with Crippen LogP contribution in [-0.2, 0) is 20.0 Å². The van der Waals surface area contributed by atoms with E-state index < -0.39 is 0 Å². The summed E-state index contributed by atoms with van der Waals surface area (Å²) < 4.78 is 1.65. The zero-order chi connectivity index (χ0) is 13.0. The Labute approximate surface area is 105 Å². The molecule has 3 N–H and O–H groups in total. The van der Waals surface area contributed by atoms with Crippen molar-refractivity contribution in [3.8, 4) is 6.07 Å². The molecule has 1 heterocycles. The summed E-state index contributed by atoms with van der Waals surface area (Å²) in [5.74, 6) is 0.719. The summed E-state index contributed by atoms with van der Waals surface area (Å²) in [4.78, 5) is 4.12. The third-order valence-electron chi connectivity index (χ3n) is 2.51. The molecule has 0 aliphatic heterocycles. The lowest BCUT2D eigenvalue weighted by Crippen LogP contribution is -2.03. The average molecular weight is 242 g/mol. The number of hydrogen-bond donors (Lipinski definition) is 2. The number of nitrogens with zero attached hydrogens (tertiary/aromatic N) is 4. The fourth-order valence-corrected chi connectivity index (χ4v) is 1.60. The van der Waals surface area contributed by atoms with E-state index in [1.807, 2.05) is 19.2 Å². The van der Waals surface area contributed by atoms with E-state index in [1.54, 1.807) is 17.1 Å². The summed E-state index contributed by atoms with van der Waals surface area (Å²) in [6.45, 7) is 0.538. The molecule has 0 bridgehead atoms. The quantitative estimate of drug-likeness (QED) is 0.782. The van der Waals surface area contributed by atoms with Crippen molar-refractivity contribution in [2.24, 2.45) is 7.05 Å². The van der Waals surface area contributed by atoms with E-state index in [1.165, 1.54) is 0 Å². The highest BCUT2D eigenvalue weighted by molar-refractivity contribution is 5.57. The maximum Gasteiger partial charge on any atom is 0.169 e. The van der Waals surface area contributed by atoms with E-state index in [-0.39, 0.29) is 0 Å². The van der Waals surface area contributed by atoms with Crippen molar-refractivity contribution >= 4 is 11.4 Å². The van der Waals surface area contributed by atoms with Gasteiger partial charge in [-0.25, -0.2) is 4.98 Å². The van der Waals surface area contributed by atoms with Gasteiger partial charge in [0.15, 0.2) is 5.82 Å². The summed E-state index contributed by atoms with van der Waals surface area (Å²) in [5.41, 5.74) is 8.15. The Hall–Kier alpha value is -2.55. The predicted molar refractivity (Wildman–Crippen MR) is 68.5 cm³/mol. The summed E-state index contributed by atoms with van der Waals surface area (Å²) >= 11 is 0. The molecule has 0 saturated carbocycles.